The lowest BCUT2D eigenvalue weighted by Crippen LogP contribution is -2.04. The van der Waals surface area contributed by atoms with Crippen molar-refractivity contribution in [2.75, 3.05) is 6.61 Å². The van der Waals surface area contributed by atoms with Crippen LogP contribution in [0, 0.1) is 0 Å². The molecule has 3 aromatic heterocycles. The van der Waals surface area contributed by atoms with Crippen molar-refractivity contribution < 1.29 is 9.53 Å². The van der Waals surface area contributed by atoms with Crippen molar-refractivity contribution in [1.82, 2.24) is 14.4 Å². The number of fused-ring (bicyclic) bond motifs is 3. The molecule has 0 aliphatic carbocycles. The molecule has 0 aromatic carbocycles. The van der Waals surface area contributed by atoms with E-state index in [0.717, 1.165) is 16.6 Å². The number of pyridine rings is 1. The second-order valence-corrected chi connectivity index (χ2v) is 3.71. The molecule has 0 bridgehead atoms. The zero-order chi connectivity index (χ0) is 11.8. The second-order valence-electron chi connectivity index (χ2n) is 3.71. The molecule has 0 saturated heterocycles. The number of nitrogens with zero attached hydrogens (tertiary/aromatic N) is 2. The first kappa shape index (κ1) is 9.89. The normalized spacial score (nSPS) is 11.1. The Hall–Kier alpha value is -2.30. The average molecular weight is 229 g/mol. The number of imidazole rings is 1. The van der Waals surface area contributed by atoms with Gasteiger partial charge in [0, 0.05) is 24.0 Å². The van der Waals surface area contributed by atoms with Crippen molar-refractivity contribution in [3.05, 3.63) is 36.4 Å². The van der Waals surface area contributed by atoms with Crippen LogP contribution in [0.25, 0.3) is 16.6 Å². The highest BCUT2D eigenvalue weighted by molar-refractivity contribution is 5.99. The van der Waals surface area contributed by atoms with Gasteiger partial charge in [0.05, 0.1) is 12.1 Å². The molecule has 86 valence electrons. The second kappa shape index (κ2) is 3.62. The topological polar surface area (TPSA) is 59.4 Å². The number of hydrogen-bond donors (Lipinski definition) is 1. The zero-order valence-corrected chi connectivity index (χ0v) is 9.30. The van der Waals surface area contributed by atoms with Crippen molar-refractivity contribution in [1.29, 1.82) is 0 Å². The number of aromatic amines is 1. The van der Waals surface area contributed by atoms with Crippen LogP contribution in [0.15, 0.2) is 30.7 Å². The summed E-state index contributed by atoms with van der Waals surface area (Å²) in [6.07, 6.45) is 5.49. The van der Waals surface area contributed by atoms with E-state index < -0.39 is 0 Å². The van der Waals surface area contributed by atoms with E-state index in [1.54, 1.807) is 19.2 Å². The smallest absolute Gasteiger partial charge is 0.354 e. The van der Waals surface area contributed by atoms with Gasteiger partial charge in [-0.1, -0.05) is 0 Å². The lowest BCUT2D eigenvalue weighted by molar-refractivity contribution is 0.0520. The summed E-state index contributed by atoms with van der Waals surface area (Å²) >= 11 is 0. The summed E-state index contributed by atoms with van der Waals surface area (Å²) in [4.78, 5) is 18.9. The van der Waals surface area contributed by atoms with E-state index in [0.29, 0.717) is 12.3 Å². The van der Waals surface area contributed by atoms with Crippen LogP contribution in [0.1, 0.15) is 17.4 Å². The van der Waals surface area contributed by atoms with Crippen LogP contribution in [-0.2, 0) is 4.74 Å². The van der Waals surface area contributed by atoms with Crippen LogP contribution in [0.2, 0.25) is 0 Å². The van der Waals surface area contributed by atoms with E-state index in [-0.39, 0.29) is 5.97 Å². The average Bonchev–Trinajstić information content (AvgIpc) is 2.94. The zero-order valence-electron chi connectivity index (χ0n) is 9.30. The highest BCUT2D eigenvalue weighted by Gasteiger charge is 2.12. The summed E-state index contributed by atoms with van der Waals surface area (Å²) in [5.74, 6) is -0.339. The summed E-state index contributed by atoms with van der Waals surface area (Å²) in [5.41, 5.74) is 2.11. The molecule has 3 rings (SSSR count). The molecule has 0 unspecified atom stereocenters. The van der Waals surface area contributed by atoms with Crippen LogP contribution in [0.3, 0.4) is 0 Å². The molecule has 5 heteroatoms. The minimum Gasteiger partial charge on any atom is -0.461 e. The Morgan fingerprint density at radius 3 is 3.24 bits per heavy atom. The molecule has 0 amide bonds. The first-order chi connectivity index (χ1) is 8.29. The van der Waals surface area contributed by atoms with E-state index in [4.69, 9.17) is 4.74 Å². The molecule has 1 N–H and O–H groups in total. The molecule has 3 aromatic rings. The third-order valence-electron chi connectivity index (χ3n) is 2.65. The molecule has 0 saturated carbocycles. The summed E-state index contributed by atoms with van der Waals surface area (Å²) in [6, 6.07) is 3.71. The lowest BCUT2D eigenvalue weighted by Gasteiger charge is -1.97. The number of carbonyl (C=O) groups is 1. The van der Waals surface area contributed by atoms with Crippen molar-refractivity contribution in [3.63, 3.8) is 0 Å². The minimum absolute atomic E-state index is 0.339. The number of ether oxygens (including phenoxy) is 1. The molecule has 0 spiro atoms. The largest absolute Gasteiger partial charge is 0.461 e. The third-order valence-corrected chi connectivity index (χ3v) is 2.65. The number of nitrogens with one attached hydrogen (secondary N) is 1. The summed E-state index contributed by atoms with van der Waals surface area (Å²) in [5, 5.41) is 0.951. The Morgan fingerprint density at radius 2 is 2.41 bits per heavy atom. The number of hydrogen-bond acceptors (Lipinski definition) is 3. The van der Waals surface area contributed by atoms with Crippen LogP contribution >= 0.6 is 0 Å². The van der Waals surface area contributed by atoms with E-state index in [9.17, 15) is 4.79 Å². The van der Waals surface area contributed by atoms with Gasteiger partial charge in [0.1, 0.15) is 5.69 Å². The Kier molecular flexibility index (Phi) is 2.11. The summed E-state index contributed by atoms with van der Waals surface area (Å²) < 4.78 is 6.85. The Balaban J connectivity index is 2.20. The van der Waals surface area contributed by atoms with Gasteiger partial charge in [0.25, 0.3) is 0 Å². The van der Waals surface area contributed by atoms with Gasteiger partial charge in [0.15, 0.2) is 5.65 Å². The van der Waals surface area contributed by atoms with Crippen LogP contribution in [0.4, 0.5) is 0 Å². The van der Waals surface area contributed by atoms with E-state index in [1.165, 1.54) is 0 Å². The number of rotatable bonds is 2. The van der Waals surface area contributed by atoms with Gasteiger partial charge in [-0.2, -0.15) is 0 Å². The maximum Gasteiger partial charge on any atom is 0.354 e. The maximum absolute atomic E-state index is 11.6. The number of carbonyl (C=O) groups excluding carboxylic acids is 1. The Labute approximate surface area is 97.0 Å². The van der Waals surface area contributed by atoms with Gasteiger partial charge in [-0.15, -0.1) is 0 Å². The lowest BCUT2D eigenvalue weighted by atomic mass is 10.3. The molecule has 0 aliphatic rings. The van der Waals surface area contributed by atoms with Crippen LogP contribution < -0.4 is 0 Å². The molecular formula is C12H11N3O2. The maximum atomic E-state index is 11.6. The standard InChI is InChI=1S/C12H11N3O2/c1-2-17-12(16)9-7-8-3-5-15-6-4-13-11(15)10(8)14-9/h3-7,14H,2H2,1H3. The summed E-state index contributed by atoms with van der Waals surface area (Å²) in [6.45, 7) is 2.15. The van der Waals surface area contributed by atoms with Crippen LogP contribution in [-0.4, -0.2) is 26.9 Å². The highest BCUT2D eigenvalue weighted by atomic mass is 16.5. The number of aromatic nitrogens is 3. The van der Waals surface area contributed by atoms with Gasteiger partial charge in [-0.05, 0) is 19.1 Å². The molecular weight excluding hydrogens is 218 g/mol. The Bertz CT molecular complexity index is 696. The fourth-order valence-electron chi connectivity index (χ4n) is 1.89. The molecule has 0 radical (unpaired) electrons. The van der Waals surface area contributed by atoms with Gasteiger partial charge < -0.3 is 14.1 Å². The predicted molar refractivity (Wildman–Crippen MR) is 63.0 cm³/mol. The fourth-order valence-corrected chi connectivity index (χ4v) is 1.89. The highest BCUT2D eigenvalue weighted by Crippen LogP contribution is 2.19. The minimum atomic E-state index is -0.339. The van der Waals surface area contributed by atoms with Crippen LogP contribution in [0.5, 0.6) is 0 Å². The van der Waals surface area contributed by atoms with Crippen molar-refractivity contribution in [2.45, 2.75) is 6.92 Å². The first-order valence-corrected chi connectivity index (χ1v) is 5.41. The molecule has 5 nitrogen and oxygen atoms in total. The molecule has 3 heterocycles. The molecule has 0 aliphatic heterocycles. The van der Waals surface area contributed by atoms with E-state index >= 15 is 0 Å². The van der Waals surface area contributed by atoms with Crippen molar-refractivity contribution in [3.8, 4) is 0 Å². The Morgan fingerprint density at radius 1 is 1.53 bits per heavy atom. The van der Waals surface area contributed by atoms with Gasteiger partial charge in [-0.25, -0.2) is 9.78 Å². The summed E-state index contributed by atoms with van der Waals surface area (Å²) in [7, 11) is 0. The quantitative estimate of drug-likeness (QED) is 0.683. The fraction of sp³-hybridized carbons (Fsp3) is 0.167. The first-order valence-electron chi connectivity index (χ1n) is 5.41. The van der Waals surface area contributed by atoms with E-state index in [2.05, 4.69) is 9.97 Å². The van der Waals surface area contributed by atoms with Crippen molar-refractivity contribution in [2.24, 2.45) is 0 Å². The van der Waals surface area contributed by atoms with Gasteiger partial charge in [0.2, 0.25) is 0 Å². The van der Waals surface area contributed by atoms with Gasteiger partial charge in [-0.3, -0.25) is 0 Å². The molecule has 0 atom stereocenters. The van der Waals surface area contributed by atoms with Gasteiger partial charge >= 0.3 is 5.97 Å². The SMILES string of the molecule is CCOC(=O)c1cc2ccn3ccnc3c2[nH]1. The number of H-pyrrole nitrogens is 1. The van der Waals surface area contributed by atoms with Crippen molar-refractivity contribution >= 4 is 22.5 Å². The molecule has 0 fully saturated rings. The molecule has 17 heavy (non-hydrogen) atoms. The third kappa shape index (κ3) is 1.47. The number of esters is 1. The monoisotopic (exact) mass is 229 g/mol. The predicted octanol–water partition coefficient (Wildman–Crippen LogP) is 1.99. The van der Waals surface area contributed by atoms with E-state index in [1.807, 2.05) is 22.9 Å².